The highest BCUT2D eigenvalue weighted by atomic mass is 32.1. The van der Waals surface area contributed by atoms with Crippen LogP contribution in [0.2, 0.25) is 0 Å². The summed E-state index contributed by atoms with van der Waals surface area (Å²) in [7, 11) is 0. The molecule has 0 aliphatic heterocycles. The van der Waals surface area contributed by atoms with E-state index in [1.807, 2.05) is 18.2 Å². The average Bonchev–Trinajstić information content (AvgIpc) is 3.23. The number of benzene rings is 2. The van der Waals surface area contributed by atoms with Crippen LogP contribution in [-0.2, 0) is 13.0 Å². The lowest BCUT2D eigenvalue weighted by Crippen LogP contribution is -2.24. The molecule has 0 aliphatic rings. The van der Waals surface area contributed by atoms with Gasteiger partial charge in [0.25, 0.3) is 5.56 Å². The van der Waals surface area contributed by atoms with Gasteiger partial charge in [-0.05, 0) is 41.1 Å². The number of rotatable bonds is 6. The zero-order chi connectivity index (χ0) is 18.6. The molecule has 2 aromatic carbocycles. The van der Waals surface area contributed by atoms with Crippen LogP contribution in [0.4, 0.5) is 0 Å². The zero-order valence-corrected chi connectivity index (χ0v) is 15.9. The molecular formula is C22H21N3OS. The lowest BCUT2D eigenvalue weighted by Gasteiger charge is -2.18. The number of aromatic amines is 1. The van der Waals surface area contributed by atoms with E-state index in [0.717, 1.165) is 11.9 Å². The second-order valence-electron chi connectivity index (χ2n) is 6.45. The zero-order valence-electron chi connectivity index (χ0n) is 15.1. The van der Waals surface area contributed by atoms with E-state index in [0.29, 0.717) is 17.8 Å². The molecule has 4 rings (SSSR count). The Morgan fingerprint density at radius 1 is 1.07 bits per heavy atom. The molecule has 0 fully saturated rings. The number of hydrogen-bond donors (Lipinski definition) is 2. The minimum atomic E-state index is -0.0997. The van der Waals surface area contributed by atoms with Crippen molar-refractivity contribution < 1.29 is 0 Å². The largest absolute Gasteiger partial charge is 0.309 e. The fraction of sp³-hybridized carbons (Fsp3) is 0.182. The molecule has 4 nitrogen and oxygen atoms in total. The summed E-state index contributed by atoms with van der Waals surface area (Å²) < 4.78 is 0. The lowest BCUT2D eigenvalue weighted by atomic mass is 10.0. The van der Waals surface area contributed by atoms with Gasteiger partial charge in [0.2, 0.25) is 0 Å². The van der Waals surface area contributed by atoms with Crippen molar-refractivity contribution >= 4 is 22.2 Å². The summed E-state index contributed by atoms with van der Waals surface area (Å²) in [5, 5.41) is 6.26. The normalized spacial score (nSPS) is 12.3. The van der Waals surface area contributed by atoms with Crippen molar-refractivity contribution in [2.24, 2.45) is 0 Å². The Morgan fingerprint density at radius 3 is 2.63 bits per heavy atom. The molecule has 136 valence electrons. The lowest BCUT2D eigenvalue weighted by molar-refractivity contribution is 0.594. The topological polar surface area (TPSA) is 57.8 Å². The number of para-hydroxylation sites is 1. The van der Waals surface area contributed by atoms with E-state index in [-0.39, 0.29) is 11.6 Å². The fourth-order valence-electron chi connectivity index (χ4n) is 3.20. The van der Waals surface area contributed by atoms with Gasteiger partial charge in [-0.25, -0.2) is 4.98 Å². The number of H-pyrrole nitrogens is 1. The van der Waals surface area contributed by atoms with Gasteiger partial charge in [-0.3, -0.25) is 10.1 Å². The Bertz CT molecular complexity index is 1080. The smallest absolute Gasteiger partial charge is 0.258 e. The number of fused-ring (bicyclic) bond motifs is 1. The molecule has 5 heteroatoms. The van der Waals surface area contributed by atoms with Crippen LogP contribution in [0.1, 0.15) is 34.8 Å². The Hall–Kier alpha value is -2.76. The first kappa shape index (κ1) is 17.6. The minimum Gasteiger partial charge on any atom is -0.309 e. The summed E-state index contributed by atoms with van der Waals surface area (Å²) in [6.07, 6.45) is 1.03. The highest BCUT2D eigenvalue weighted by Gasteiger charge is 2.15. The van der Waals surface area contributed by atoms with Crippen LogP contribution >= 0.6 is 11.3 Å². The van der Waals surface area contributed by atoms with Crippen LogP contribution in [0.15, 0.2) is 70.8 Å². The van der Waals surface area contributed by atoms with Crippen molar-refractivity contribution in [3.63, 3.8) is 0 Å². The van der Waals surface area contributed by atoms with Gasteiger partial charge >= 0.3 is 0 Å². The molecule has 0 radical (unpaired) electrons. The highest BCUT2D eigenvalue weighted by molar-refractivity contribution is 7.10. The van der Waals surface area contributed by atoms with Crippen LogP contribution in [0.25, 0.3) is 10.9 Å². The first-order chi connectivity index (χ1) is 13.2. The van der Waals surface area contributed by atoms with Crippen molar-refractivity contribution in [3.05, 3.63) is 98.2 Å². The predicted molar refractivity (Wildman–Crippen MR) is 111 cm³/mol. The van der Waals surface area contributed by atoms with Gasteiger partial charge in [0.05, 0.1) is 23.5 Å². The Morgan fingerprint density at radius 2 is 1.89 bits per heavy atom. The number of hydrogen-bond acceptors (Lipinski definition) is 4. The first-order valence-corrected chi connectivity index (χ1v) is 9.96. The second kappa shape index (κ2) is 7.86. The van der Waals surface area contributed by atoms with Crippen LogP contribution < -0.4 is 10.9 Å². The monoisotopic (exact) mass is 375 g/mol. The minimum absolute atomic E-state index is 0.0627. The summed E-state index contributed by atoms with van der Waals surface area (Å²) in [6.45, 7) is 2.64. The van der Waals surface area contributed by atoms with Crippen LogP contribution in [0.5, 0.6) is 0 Å². The molecule has 0 aliphatic carbocycles. The Kier molecular flexibility index (Phi) is 5.14. The molecule has 0 saturated heterocycles. The maximum atomic E-state index is 12.3. The van der Waals surface area contributed by atoms with E-state index in [4.69, 9.17) is 0 Å². The van der Waals surface area contributed by atoms with E-state index >= 15 is 0 Å². The summed E-state index contributed by atoms with van der Waals surface area (Å²) in [4.78, 5) is 21.0. The Balaban J connectivity index is 1.61. The quantitative estimate of drug-likeness (QED) is 0.524. The molecule has 1 atom stereocenters. The van der Waals surface area contributed by atoms with Gasteiger partial charge in [-0.1, -0.05) is 49.4 Å². The molecule has 0 saturated carbocycles. The van der Waals surface area contributed by atoms with Gasteiger partial charge in [0.15, 0.2) is 0 Å². The number of nitrogens with zero attached hydrogens (tertiary/aromatic N) is 1. The van der Waals surface area contributed by atoms with Crippen LogP contribution in [0.3, 0.4) is 0 Å². The summed E-state index contributed by atoms with van der Waals surface area (Å²) in [6, 6.07) is 20.4. The van der Waals surface area contributed by atoms with Crippen molar-refractivity contribution in [3.8, 4) is 0 Å². The van der Waals surface area contributed by atoms with Crippen molar-refractivity contribution in [1.29, 1.82) is 0 Å². The summed E-state index contributed by atoms with van der Waals surface area (Å²) >= 11 is 1.72. The molecule has 0 unspecified atom stereocenters. The predicted octanol–water partition coefficient (Wildman–Crippen LogP) is 4.43. The summed E-state index contributed by atoms with van der Waals surface area (Å²) in [5.41, 5.74) is 3.15. The van der Waals surface area contributed by atoms with Gasteiger partial charge in [-0.15, -0.1) is 11.3 Å². The third-order valence-corrected chi connectivity index (χ3v) is 5.62. The molecule has 4 aromatic rings. The number of nitrogens with one attached hydrogen (secondary N) is 2. The highest BCUT2D eigenvalue weighted by Crippen LogP contribution is 2.26. The summed E-state index contributed by atoms with van der Waals surface area (Å²) in [5.74, 6) is 0.644. The molecule has 0 amide bonds. The molecule has 27 heavy (non-hydrogen) atoms. The maximum absolute atomic E-state index is 12.3. The molecule has 0 bridgehead atoms. The van der Waals surface area contributed by atoms with Gasteiger partial charge in [-0.2, -0.15) is 0 Å². The number of aryl methyl sites for hydroxylation is 1. The molecule has 0 spiro atoms. The van der Waals surface area contributed by atoms with Crippen molar-refractivity contribution in [2.45, 2.75) is 25.9 Å². The third-order valence-electron chi connectivity index (χ3n) is 4.68. The maximum Gasteiger partial charge on any atom is 0.258 e. The molecular weight excluding hydrogens is 354 g/mol. The SMILES string of the molecule is CCc1ccc([C@H](NCc2nc3ccccc3c(=O)[nH]2)c2cccs2)cc1. The van der Waals surface area contributed by atoms with E-state index in [9.17, 15) is 4.79 Å². The Labute approximate surface area is 161 Å². The molecule has 2 N–H and O–H groups in total. The van der Waals surface area contributed by atoms with Crippen LogP contribution in [0, 0.1) is 0 Å². The third kappa shape index (κ3) is 3.84. The van der Waals surface area contributed by atoms with Gasteiger partial charge < -0.3 is 4.98 Å². The van der Waals surface area contributed by atoms with E-state index in [1.54, 1.807) is 17.4 Å². The van der Waals surface area contributed by atoms with E-state index in [1.165, 1.54) is 16.0 Å². The number of aromatic nitrogens is 2. The van der Waals surface area contributed by atoms with Crippen LogP contribution in [-0.4, -0.2) is 9.97 Å². The van der Waals surface area contributed by atoms with Gasteiger partial charge in [0.1, 0.15) is 5.82 Å². The fourth-order valence-corrected chi connectivity index (χ4v) is 4.03. The second-order valence-corrected chi connectivity index (χ2v) is 7.43. The number of thiophene rings is 1. The molecule has 2 aromatic heterocycles. The van der Waals surface area contributed by atoms with Crippen molar-refractivity contribution in [2.75, 3.05) is 0 Å². The van der Waals surface area contributed by atoms with E-state index < -0.39 is 0 Å². The first-order valence-electron chi connectivity index (χ1n) is 9.08. The standard InChI is InChI=1S/C22H21N3OS/c1-2-15-9-11-16(12-10-15)21(19-8-5-13-27-19)23-14-20-24-18-7-4-3-6-17(18)22(26)25-20/h3-13,21,23H,2,14H2,1H3,(H,24,25,26)/t21-/m0/s1. The van der Waals surface area contributed by atoms with Crippen molar-refractivity contribution in [1.82, 2.24) is 15.3 Å². The van der Waals surface area contributed by atoms with Gasteiger partial charge in [0, 0.05) is 4.88 Å². The average molecular weight is 375 g/mol. The molecule has 2 heterocycles. The van der Waals surface area contributed by atoms with E-state index in [2.05, 4.69) is 64.0 Å².